The Morgan fingerprint density at radius 1 is 1.07 bits per heavy atom. The predicted octanol–water partition coefficient (Wildman–Crippen LogP) is 4.03. The largest absolute Gasteiger partial charge is 0.416 e. The van der Waals surface area contributed by atoms with Gasteiger partial charge in [-0.1, -0.05) is 23.7 Å². The summed E-state index contributed by atoms with van der Waals surface area (Å²) in [7, 11) is -4.21. The van der Waals surface area contributed by atoms with Crippen LogP contribution in [0.1, 0.15) is 24.4 Å². The van der Waals surface area contributed by atoms with E-state index in [9.17, 15) is 26.4 Å². The molecule has 1 aliphatic heterocycles. The normalized spacial score (nSPS) is 16.9. The predicted molar refractivity (Wildman–Crippen MR) is 106 cm³/mol. The Hall–Kier alpha value is -2.30. The fourth-order valence-corrected chi connectivity index (χ4v) is 5.76. The minimum atomic E-state index is -4.68. The summed E-state index contributed by atoms with van der Waals surface area (Å²) in [5.74, 6) is 0. The summed E-state index contributed by atoms with van der Waals surface area (Å²) >= 11 is 5.92. The third-order valence-electron chi connectivity index (χ3n) is 5.29. The number of piperidine rings is 1. The fourth-order valence-electron chi connectivity index (χ4n) is 3.79. The molecule has 6 nitrogen and oxygen atoms in total. The van der Waals surface area contributed by atoms with Gasteiger partial charge in [-0.05, 0) is 43.2 Å². The minimum absolute atomic E-state index is 0.0610. The second-order valence-electron chi connectivity index (χ2n) is 7.10. The molecule has 160 valence electrons. The maximum atomic E-state index is 13.0. The van der Waals surface area contributed by atoms with Crippen LogP contribution < -0.4 is 5.69 Å². The zero-order valence-electron chi connectivity index (χ0n) is 15.5. The first-order chi connectivity index (χ1) is 14.1. The van der Waals surface area contributed by atoms with Gasteiger partial charge in [0, 0.05) is 19.1 Å². The van der Waals surface area contributed by atoms with Crippen molar-refractivity contribution in [1.29, 1.82) is 0 Å². The number of imidazole rings is 1. The average molecular weight is 460 g/mol. The zero-order valence-corrected chi connectivity index (χ0v) is 17.1. The highest BCUT2D eigenvalue weighted by atomic mass is 35.5. The first-order valence-corrected chi connectivity index (χ1v) is 11.0. The number of para-hydroxylation sites is 2. The van der Waals surface area contributed by atoms with E-state index in [0.717, 1.165) is 22.0 Å². The van der Waals surface area contributed by atoms with Crippen LogP contribution in [0.4, 0.5) is 13.2 Å². The van der Waals surface area contributed by atoms with E-state index in [1.165, 1.54) is 0 Å². The number of halogens is 4. The lowest BCUT2D eigenvalue weighted by Gasteiger charge is -2.32. The van der Waals surface area contributed by atoms with Gasteiger partial charge in [-0.25, -0.2) is 13.2 Å². The molecule has 0 bridgehead atoms. The monoisotopic (exact) mass is 459 g/mol. The van der Waals surface area contributed by atoms with Crippen LogP contribution in [-0.4, -0.2) is 35.4 Å². The molecule has 11 heteroatoms. The first kappa shape index (κ1) is 21.0. The van der Waals surface area contributed by atoms with Crippen molar-refractivity contribution < 1.29 is 21.6 Å². The Labute approximate surface area is 174 Å². The lowest BCUT2D eigenvalue weighted by Crippen LogP contribution is -2.40. The van der Waals surface area contributed by atoms with Gasteiger partial charge in [-0.2, -0.15) is 17.5 Å². The van der Waals surface area contributed by atoms with Crippen LogP contribution in [0.15, 0.2) is 52.2 Å². The quantitative estimate of drug-likeness (QED) is 0.642. The molecule has 0 unspecified atom stereocenters. The number of nitrogens with one attached hydrogen (secondary N) is 1. The molecule has 3 aromatic rings. The Bertz CT molecular complexity index is 1260. The van der Waals surface area contributed by atoms with Gasteiger partial charge >= 0.3 is 11.9 Å². The number of aromatic amines is 1. The van der Waals surface area contributed by atoms with Crippen molar-refractivity contribution in [2.24, 2.45) is 0 Å². The Balaban J connectivity index is 1.60. The Morgan fingerprint density at radius 2 is 1.73 bits per heavy atom. The van der Waals surface area contributed by atoms with Gasteiger partial charge in [-0.3, -0.25) is 4.57 Å². The van der Waals surface area contributed by atoms with Gasteiger partial charge < -0.3 is 4.98 Å². The van der Waals surface area contributed by atoms with E-state index < -0.39 is 26.7 Å². The number of sulfonamides is 1. The van der Waals surface area contributed by atoms with Crippen LogP contribution in [0.2, 0.25) is 5.02 Å². The van der Waals surface area contributed by atoms with E-state index in [0.29, 0.717) is 24.4 Å². The number of rotatable bonds is 3. The standard InChI is InChI=1S/C19H17ClF3N3O3S/c20-14-6-5-12(19(21,22)23)11-17(14)30(28,29)25-9-7-13(8-10-25)26-16-4-2-1-3-15(16)24-18(26)27/h1-6,11,13H,7-10H2,(H,24,27). The summed E-state index contributed by atoms with van der Waals surface area (Å²) in [6.45, 7) is 0.122. The lowest BCUT2D eigenvalue weighted by atomic mass is 10.1. The number of aromatic nitrogens is 2. The van der Waals surface area contributed by atoms with E-state index in [4.69, 9.17) is 11.6 Å². The van der Waals surface area contributed by atoms with Gasteiger partial charge in [0.05, 0.1) is 21.6 Å². The second kappa shape index (κ2) is 7.44. The van der Waals surface area contributed by atoms with Crippen LogP contribution in [0.5, 0.6) is 0 Å². The molecule has 1 fully saturated rings. The number of hydrogen-bond donors (Lipinski definition) is 1. The van der Waals surface area contributed by atoms with Crippen LogP contribution in [0.25, 0.3) is 11.0 Å². The summed E-state index contributed by atoms with van der Waals surface area (Å²) in [4.78, 5) is 14.6. The SMILES string of the molecule is O=c1[nH]c2ccccc2n1C1CCN(S(=O)(=O)c2cc(C(F)(F)F)ccc2Cl)CC1. The summed E-state index contributed by atoms with van der Waals surface area (Å²) in [6, 6.07) is 9.22. The van der Waals surface area contributed by atoms with Crippen LogP contribution in [0, 0.1) is 0 Å². The van der Waals surface area contributed by atoms with Gasteiger partial charge in [0.1, 0.15) is 4.90 Å². The number of nitrogens with zero attached hydrogens (tertiary/aromatic N) is 2. The Morgan fingerprint density at radius 3 is 2.40 bits per heavy atom. The van der Waals surface area contributed by atoms with E-state index in [-0.39, 0.29) is 29.8 Å². The maximum absolute atomic E-state index is 13.0. The first-order valence-electron chi connectivity index (χ1n) is 9.15. The highest BCUT2D eigenvalue weighted by Gasteiger charge is 2.36. The van der Waals surface area contributed by atoms with E-state index in [1.54, 1.807) is 28.8 Å². The molecular weight excluding hydrogens is 443 g/mol. The van der Waals surface area contributed by atoms with Crippen LogP contribution in [0.3, 0.4) is 0 Å². The maximum Gasteiger partial charge on any atom is 0.416 e. The van der Waals surface area contributed by atoms with Crippen molar-refractivity contribution in [3.63, 3.8) is 0 Å². The molecule has 0 aliphatic carbocycles. The van der Waals surface area contributed by atoms with Gasteiger partial charge in [0.25, 0.3) is 0 Å². The molecular formula is C19H17ClF3N3O3S. The average Bonchev–Trinajstić information content (AvgIpc) is 3.03. The molecule has 1 N–H and O–H groups in total. The molecule has 1 aliphatic rings. The summed E-state index contributed by atoms with van der Waals surface area (Å²) < 4.78 is 67.7. The number of hydrogen-bond acceptors (Lipinski definition) is 3. The third-order valence-corrected chi connectivity index (χ3v) is 7.67. The van der Waals surface area contributed by atoms with E-state index in [2.05, 4.69) is 4.98 Å². The number of benzene rings is 2. The second-order valence-corrected chi connectivity index (χ2v) is 9.41. The highest BCUT2D eigenvalue weighted by molar-refractivity contribution is 7.89. The molecule has 0 spiro atoms. The van der Waals surface area contributed by atoms with Crippen molar-refractivity contribution >= 4 is 32.7 Å². The molecule has 1 saturated heterocycles. The van der Waals surface area contributed by atoms with Crippen molar-refractivity contribution in [2.75, 3.05) is 13.1 Å². The summed E-state index contributed by atoms with van der Waals surface area (Å²) in [5.41, 5.74) is 0.0576. The Kier molecular flexibility index (Phi) is 5.19. The van der Waals surface area contributed by atoms with Crippen LogP contribution in [-0.2, 0) is 16.2 Å². The van der Waals surface area contributed by atoms with E-state index >= 15 is 0 Å². The molecule has 4 rings (SSSR count). The summed E-state index contributed by atoms with van der Waals surface area (Å²) in [5, 5.41) is -0.266. The van der Waals surface area contributed by atoms with Crippen molar-refractivity contribution in [2.45, 2.75) is 30.0 Å². The molecule has 0 atom stereocenters. The van der Waals surface area contributed by atoms with Crippen molar-refractivity contribution in [1.82, 2.24) is 13.9 Å². The zero-order chi connectivity index (χ0) is 21.7. The highest BCUT2D eigenvalue weighted by Crippen LogP contribution is 2.35. The molecule has 30 heavy (non-hydrogen) atoms. The smallest absolute Gasteiger partial charge is 0.306 e. The molecule has 0 radical (unpaired) electrons. The fraction of sp³-hybridized carbons (Fsp3) is 0.316. The van der Waals surface area contributed by atoms with E-state index in [1.807, 2.05) is 0 Å². The summed E-state index contributed by atoms with van der Waals surface area (Å²) in [6.07, 6.45) is -3.99. The van der Waals surface area contributed by atoms with Gasteiger partial charge in [-0.15, -0.1) is 0 Å². The van der Waals surface area contributed by atoms with Gasteiger partial charge in [0.2, 0.25) is 10.0 Å². The van der Waals surface area contributed by atoms with Crippen molar-refractivity contribution in [3.8, 4) is 0 Å². The lowest BCUT2D eigenvalue weighted by molar-refractivity contribution is -0.137. The molecule has 0 amide bonds. The third kappa shape index (κ3) is 3.63. The van der Waals surface area contributed by atoms with Crippen molar-refractivity contribution in [3.05, 3.63) is 63.5 Å². The molecule has 2 aromatic carbocycles. The molecule has 2 heterocycles. The molecule has 0 saturated carbocycles. The number of H-pyrrole nitrogens is 1. The number of fused-ring (bicyclic) bond motifs is 1. The minimum Gasteiger partial charge on any atom is -0.306 e. The van der Waals surface area contributed by atoms with Crippen LogP contribution >= 0.6 is 11.6 Å². The topological polar surface area (TPSA) is 75.2 Å². The van der Waals surface area contributed by atoms with Gasteiger partial charge in [0.15, 0.2) is 0 Å². The molecule has 1 aromatic heterocycles. The number of alkyl halides is 3.